The first kappa shape index (κ1) is 20.2. The van der Waals surface area contributed by atoms with Crippen molar-refractivity contribution in [1.82, 2.24) is 0 Å². The average molecular weight is 239 g/mol. The second-order valence-electron chi connectivity index (χ2n) is 2.31. The maximum Gasteiger partial charge on any atom is 1.00 e. The summed E-state index contributed by atoms with van der Waals surface area (Å²) in [6.07, 6.45) is -5.22. The minimum Gasteiger partial charge on any atom is -1.00 e. The molecule has 8 heteroatoms. The summed E-state index contributed by atoms with van der Waals surface area (Å²) >= 11 is 0. The van der Waals surface area contributed by atoms with Gasteiger partial charge in [-0.05, 0) is 0 Å². The Morgan fingerprint density at radius 3 is 1.86 bits per heavy atom. The molecule has 0 spiro atoms. The average Bonchev–Trinajstić information content (AvgIpc) is 2.12. The van der Waals surface area contributed by atoms with E-state index in [4.69, 9.17) is 25.5 Å². The zero-order valence-electron chi connectivity index (χ0n) is 7.67. The van der Waals surface area contributed by atoms with Gasteiger partial charge in [0.25, 0.3) is 0 Å². The molecule has 0 aliphatic carbocycles. The van der Waals surface area contributed by atoms with E-state index in [2.05, 4.69) is 0 Å². The third-order valence-electron chi connectivity index (χ3n) is 1.39. The van der Waals surface area contributed by atoms with Gasteiger partial charge in [0.1, 0.15) is 24.9 Å². The van der Waals surface area contributed by atoms with Gasteiger partial charge in [-0.25, -0.2) is 0 Å². The Kier molecular flexibility index (Phi) is 14.8. The summed E-state index contributed by atoms with van der Waals surface area (Å²) < 4.78 is 0. The largest absolute Gasteiger partial charge is 1.00 e. The summed E-state index contributed by atoms with van der Waals surface area (Å²) in [4.78, 5) is 10.5. The van der Waals surface area contributed by atoms with Gasteiger partial charge < -0.3 is 37.9 Å². The van der Waals surface area contributed by atoms with Crippen molar-refractivity contribution >= 4 is 5.78 Å². The van der Waals surface area contributed by atoms with Gasteiger partial charge in [0.2, 0.25) is 0 Å². The van der Waals surface area contributed by atoms with E-state index >= 15 is 0 Å². The summed E-state index contributed by atoms with van der Waals surface area (Å²) in [5, 5.41) is 43.1. The number of aliphatic hydroxyl groups excluding tert-OH is 5. The number of ketones is 1. The van der Waals surface area contributed by atoms with E-state index in [1.54, 1.807) is 0 Å². The number of aliphatic hydroxyl groups is 5. The molecule has 0 amide bonds. The molecule has 14 heavy (non-hydrogen) atoms. The van der Waals surface area contributed by atoms with E-state index in [1.807, 2.05) is 0 Å². The summed E-state index contributed by atoms with van der Waals surface area (Å²) in [6, 6.07) is 0. The fourth-order valence-corrected chi connectivity index (χ4v) is 0.602. The van der Waals surface area contributed by atoms with Crippen molar-refractivity contribution in [3.8, 4) is 0 Å². The molecule has 0 unspecified atom stereocenters. The van der Waals surface area contributed by atoms with Crippen LogP contribution in [0.3, 0.4) is 0 Å². The van der Waals surface area contributed by atoms with Gasteiger partial charge in [0.15, 0.2) is 5.78 Å². The van der Waals surface area contributed by atoms with Crippen LogP contribution in [0.2, 0.25) is 0 Å². The molecule has 6 nitrogen and oxygen atoms in total. The second kappa shape index (κ2) is 10.3. The molecule has 0 aromatic heterocycles. The first-order valence-corrected chi connectivity index (χ1v) is 3.33. The molecule has 0 saturated heterocycles. The van der Waals surface area contributed by atoms with E-state index in [0.717, 1.165) is 0 Å². The van der Waals surface area contributed by atoms with Gasteiger partial charge in [-0.2, -0.15) is 0 Å². The van der Waals surface area contributed by atoms with E-state index in [1.165, 1.54) is 0 Å². The maximum absolute atomic E-state index is 10.5. The fraction of sp³-hybridized carbons (Fsp3) is 0.833. The normalized spacial score (nSPS) is 15.8. The summed E-state index contributed by atoms with van der Waals surface area (Å²) in [5.41, 5.74) is 0. The zero-order chi connectivity index (χ0) is 9.72. The van der Waals surface area contributed by atoms with Crippen molar-refractivity contribution in [2.24, 2.45) is 0 Å². The molecule has 0 aliphatic rings. The van der Waals surface area contributed by atoms with Crippen LogP contribution in [0.25, 0.3) is 0 Å². The van der Waals surface area contributed by atoms with Crippen LogP contribution in [-0.2, 0) is 4.79 Å². The van der Waals surface area contributed by atoms with Gasteiger partial charge in [-0.1, -0.05) is 0 Å². The van der Waals surface area contributed by atoms with Crippen LogP contribution in [0, 0.1) is 0 Å². The molecule has 0 heterocycles. The predicted octanol–water partition coefficient (Wildman–Crippen LogP) is -9.37. The summed E-state index contributed by atoms with van der Waals surface area (Å²) in [7, 11) is 0. The van der Waals surface area contributed by atoms with Crippen LogP contribution in [0.4, 0.5) is 0 Å². The van der Waals surface area contributed by atoms with Crippen LogP contribution in [0.15, 0.2) is 0 Å². The zero-order valence-corrected chi connectivity index (χ0v) is 10.4. The molecule has 80 valence electrons. The first-order chi connectivity index (χ1) is 5.54. The van der Waals surface area contributed by atoms with Gasteiger partial charge in [0.05, 0.1) is 6.61 Å². The Labute approximate surface area is 109 Å². The molecule has 0 radical (unpaired) electrons. The standard InChI is InChI=1S/C6H12O6.ClH.Na/c7-1-3(9)5(11)6(12)4(10)2-8;;/h3,5-9,11-12H,1-2H2;1H;/q;;+1/p-1/t3-,5-,6-;;/m1../s1. The van der Waals surface area contributed by atoms with Crippen molar-refractivity contribution < 1.29 is 72.3 Å². The number of hydrogen-bond donors (Lipinski definition) is 5. The Hall–Kier alpha value is 0.760. The van der Waals surface area contributed by atoms with Gasteiger partial charge in [0, 0.05) is 0 Å². The molecule has 0 aromatic rings. The van der Waals surface area contributed by atoms with Crippen molar-refractivity contribution in [2.45, 2.75) is 18.3 Å². The molecule has 0 bridgehead atoms. The number of hydrogen-bond acceptors (Lipinski definition) is 6. The third-order valence-corrected chi connectivity index (χ3v) is 1.39. The quantitative estimate of drug-likeness (QED) is 0.304. The number of Topliss-reactive ketones (excluding diaryl/α,β-unsaturated/α-hetero) is 1. The van der Waals surface area contributed by atoms with E-state index in [9.17, 15) is 4.79 Å². The van der Waals surface area contributed by atoms with Gasteiger partial charge in [-0.15, -0.1) is 0 Å². The molecule has 5 N–H and O–H groups in total. The molecular weight excluding hydrogens is 227 g/mol. The topological polar surface area (TPSA) is 118 Å². The van der Waals surface area contributed by atoms with Crippen LogP contribution in [0.1, 0.15) is 0 Å². The summed E-state index contributed by atoms with van der Waals surface area (Å²) in [6.45, 7) is -1.69. The Bertz CT molecular complexity index is 157. The fourth-order valence-electron chi connectivity index (χ4n) is 0.602. The van der Waals surface area contributed by atoms with Gasteiger partial charge >= 0.3 is 29.6 Å². The molecule has 3 atom stereocenters. The molecular formula is C6H12ClNaO6. The van der Waals surface area contributed by atoms with Crippen LogP contribution in [0.5, 0.6) is 0 Å². The molecule has 0 aromatic carbocycles. The van der Waals surface area contributed by atoms with E-state index in [0.29, 0.717) is 0 Å². The molecule has 0 saturated carbocycles. The maximum atomic E-state index is 10.5. The van der Waals surface area contributed by atoms with Crippen molar-refractivity contribution in [3.63, 3.8) is 0 Å². The predicted molar refractivity (Wildman–Crippen MR) is 37.2 cm³/mol. The molecule has 0 rings (SSSR count). The van der Waals surface area contributed by atoms with Crippen molar-refractivity contribution in [2.75, 3.05) is 13.2 Å². The minimum absolute atomic E-state index is 0. The molecule has 0 fully saturated rings. The Balaban J connectivity index is -0.000000605. The van der Waals surface area contributed by atoms with Crippen molar-refractivity contribution in [3.05, 3.63) is 0 Å². The van der Waals surface area contributed by atoms with Crippen LogP contribution >= 0.6 is 0 Å². The van der Waals surface area contributed by atoms with E-state index in [-0.39, 0.29) is 42.0 Å². The Morgan fingerprint density at radius 1 is 1.14 bits per heavy atom. The Morgan fingerprint density at radius 2 is 1.57 bits per heavy atom. The minimum atomic E-state index is -1.86. The number of carbonyl (C=O) groups is 1. The first-order valence-electron chi connectivity index (χ1n) is 3.33. The van der Waals surface area contributed by atoms with E-state index < -0.39 is 37.3 Å². The SMILES string of the molecule is O=C(CO)[C@@H](O)[C@H](O)[C@H](O)CO.[Cl-].[Na+]. The van der Waals surface area contributed by atoms with Crippen LogP contribution < -0.4 is 42.0 Å². The van der Waals surface area contributed by atoms with Gasteiger partial charge in [-0.3, -0.25) is 4.79 Å². The number of rotatable bonds is 5. The number of carbonyl (C=O) groups excluding carboxylic acids is 1. The van der Waals surface area contributed by atoms with Crippen LogP contribution in [-0.4, -0.2) is 62.8 Å². The third kappa shape index (κ3) is 6.28. The monoisotopic (exact) mass is 238 g/mol. The number of halogens is 1. The van der Waals surface area contributed by atoms with Crippen molar-refractivity contribution in [1.29, 1.82) is 0 Å². The summed E-state index contributed by atoms with van der Waals surface area (Å²) in [5.74, 6) is -1.00. The smallest absolute Gasteiger partial charge is 1.00 e. The molecule has 0 aliphatic heterocycles. The second-order valence-corrected chi connectivity index (χ2v) is 2.31.